The van der Waals surface area contributed by atoms with Crippen LogP contribution in [0.2, 0.25) is 0 Å². The number of rotatable bonds is 4. The molecule has 0 saturated carbocycles. The van der Waals surface area contributed by atoms with Gasteiger partial charge in [-0.1, -0.05) is 11.6 Å². The predicted octanol–water partition coefficient (Wildman–Crippen LogP) is 3.19. The second-order valence-corrected chi connectivity index (χ2v) is 6.65. The standard InChI is InChI=1S/C17H29NO2/c1-2-4-15(5-3-1)6-10-18-16-7-11-20-17(14-16)8-12-19-13-9-17/h4,16,18H,1-3,5-14H2/t16-/m0/s1. The van der Waals surface area contributed by atoms with Gasteiger partial charge in [-0.3, -0.25) is 0 Å². The highest BCUT2D eigenvalue weighted by Crippen LogP contribution is 2.34. The van der Waals surface area contributed by atoms with Gasteiger partial charge < -0.3 is 14.8 Å². The van der Waals surface area contributed by atoms with Crippen LogP contribution in [0.5, 0.6) is 0 Å². The van der Waals surface area contributed by atoms with Crippen molar-refractivity contribution >= 4 is 0 Å². The number of hydrogen-bond acceptors (Lipinski definition) is 3. The van der Waals surface area contributed by atoms with Crippen molar-refractivity contribution in [1.82, 2.24) is 5.32 Å². The molecule has 1 spiro atoms. The Morgan fingerprint density at radius 3 is 2.90 bits per heavy atom. The van der Waals surface area contributed by atoms with Crippen molar-refractivity contribution < 1.29 is 9.47 Å². The van der Waals surface area contributed by atoms with Crippen molar-refractivity contribution in [2.45, 2.75) is 69.4 Å². The maximum Gasteiger partial charge on any atom is 0.0741 e. The smallest absolute Gasteiger partial charge is 0.0741 e. The summed E-state index contributed by atoms with van der Waals surface area (Å²) < 4.78 is 11.6. The van der Waals surface area contributed by atoms with Crippen LogP contribution < -0.4 is 5.32 Å². The largest absolute Gasteiger partial charge is 0.381 e. The van der Waals surface area contributed by atoms with Gasteiger partial charge in [0.15, 0.2) is 0 Å². The summed E-state index contributed by atoms with van der Waals surface area (Å²) in [4.78, 5) is 0. The first-order valence-electron chi connectivity index (χ1n) is 8.49. The molecule has 0 aromatic heterocycles. The van der Waals surface area contributed by atoms with Crippen LogP contribution in [0.15, 0.2) is 11.6 Å². The molecular weight excluding hydrogens is 250 g/mol. The Bertz CT molecular complexity index is 328. The minimum Gasteiger partial charge on any atom is -0.381 e. The van der Waals surface area contributed by atoms with Gasteiger partial charge in [-0.05, 0) is 64.3 Å². The fourth-order valence-corrected chi connectivity index (χ4v) is 3.86. The first-order valence-corrected chi connectivity index (χ1v) is 8.49. The van der Waals surface area contributed by atoms with E-state index >= 15 is 0 Å². The summed E-state index contributed by atoms with van der Waals surface area (Å²) in [5.74, 6) is 0. The SMILES string of the molecule is C1=C(CCN[C@H]2CCOC3(CCOCC3)C2)CCCC1. The summed E-state index contributed by atoms with van der Waals surface area (Å²) in [5.41, 5.74) is 1.80. The number of allylic oxidation sites excluding steroid dienone is 1. The molecule has 1 atom stereocenters. The molecule has 3 aliphatic rings. The number of nitrogens with one attached hydrogen (secondary N) is 1. The Kier molecular flexibility index (Phi) is 5.14. The molecule has 2 heterocycles. The Morgan fingerprint density at radius 1 is 1.20 bits per heavy atom. The summed E-state index contributed by atoms with van der Waals surface area (Å²) in [6, 6.07) is 0.644. The predicted molar refractivity (Wildman–Crippen MR) is 80.9 cm³/mol. The second kappa shape index (κ2) is 7.06. The molecule has 0 radical (unpaired) electrons. The van der Waals surface area contributed by atoms with Crippen LogP contribution in [0.4, 0.5) is 0 Å². The van der Waals surface area contributed by atoms with E-state index in [2.05, 4.69) is 11.4 Å². The molecule has 3 heteroatoms. The fourth-order valence-electron chi connectivity index (χ4n) is 3.86. The molecule has 114 valence electrons. The van der Waals surface area contributed by atoms with Crippen LogP contribution in [0.25, 0.3) is 0 Å². The molecule has 3 nitrogen and oxygen atoms in total. The van der Waals surface area contributed by atoms with E-state index in [0.29, 0.717) is 6.04 Å². The summed E-state index contributed by atoms with van der Waals surface area (Å²) in [6.45, 7) is 3.81. The lowest BCUT2D eigenvalue weighted by atomic mass is 9.84. The van der Waals surface area contributed by atoms with Crippen molar-refractivity contribution in [3.8, 4) is 0 Å². The van der Waals surface area contributed by atoms with Gasteiger partial charge in [-0.25, -0.2) is 0 Å². The molecule has 1 aliphatic carbocycles. The summed E-state index contributed by atoms with van der Waals surface area (Å²) >= 11 is 0. The summed E-state index contributed by atoms with van der Waals surface area (Å²) in [7, 11) is 0. The van der Waals surface area contributed by atoms with E-state index in [1.54, 1.807) is 5.57 Å². The number of ether oxygens (including phenoxy) is 2. The quantitative estimate of drug-likeness (QED) is 0.802. The highest BCUT2D eigenvalue weighted by molar-refractivity contribution is 5.05. The van der Waals surface area contributed by atoms with E-state index in [-0.39, 0.29) is 5.60 Å². The Labute approximate surface area is 123 Å². The van der Waals surface area contributed by atoms with Gasteiger partial charge >= 0.3 is 0 Å². The summed E-state index contributed by atoms with van der Waals surface area (Å²) in [6.07, 6.45) is 13.6. The van der Waals surface area contributed by atoms with E-state index in [0.717, 1.165) is 39.2 Å². The zero-order valence-electron chi connectivity index (χ0n) is 12.7. The minimum atomic E-state index is 0.123. The third-order valence-electron chi connectivity index (χ3n) is 5.16. The molecule has 0 aromatic rings. The third kappa shape index (κ3) is 3.84. The zero-order valence-corrected chi connectivity index (χ0v) is 12.7. The molecule has 0 aromatic carbocycles. The molecular formula is C17H29NO2. The topological polar surface area (TPSA) is 30.5 Å². The van der Waals surface area contributed by atoms with Gasteiger partial charge in [0.1, 0.15) is 0 Å². The van der Waals surface area contributed by atoms with Crippen molar-refractivity contribution in [2.75, 3.05) is 26.4 Å². The maximum atomic E-state index is 6.10. The van der Waals surface area contributed by atoms with E-state index < -0.39 is 0 Å². The minimum absolute atomic E-state index is 0.123. The van der Waals surface area contributed by atoms with Gasteiger partial charge in [0, 0.05) is 25.9 Å². The van der Waals surface area contributed by atoms with Crippen LogP contribution in [0.3, 0.4) is 0 Å². The van der Waals surface area contributed by atoms with Crippen LogP contribution in [0.1, 0.15) is 57.8 Å². The van der Waals surface area contributed by atoms with Crippen LogP contribution in [-0.4, -0.2) is 38.0 Å². The average Bonchev–Trinajstić information content (AvgIpc) is 2.49. The normalized spacial score (nSPS) is 30.2. The van der Waals surface area contributed by atoms with Crippen LogP contribution in [0, 0.1) is 0 Å². The van der Waals surface area contributed by atoms with E-state index in [4.69, 9.17) is 9.47 Å². The van der Waals surface area contributed by atoms with Crippen molar-refractivity contribution in [3.63, 3.8) is 0 Å². The van der Waals surface area contributed by atoms with Gasteiger partial charge in [-0.2, -0.15) is 0 Å². The monoisotopic (exact) mass is 279 g/mol. The van der Waals surface area contributed by atoms with E-state index in [1.165, 1.54) is 44.9 Å². The van der Waals surface area contributed by atoms with Crippen LogP contribution in [-0.2, 0) is 9.47 Å². The van der Waals surface area contributed by atoms with Gasteiger partial charge in [0.25, 0.3) is 0 Å². The van der Waals surface area contributed by atoms with Crippen LogP contribution >= 0.6 is 0 Å². The molecule has 0 bridgehead atoms. The van der Waals surface area contributed by atoms with Gasteiger partial charge in [0.05, 0.1) is 5.60 Å². The van der Waals surface area contributed by atoms with Crippen molar-refractivity contribution in [1.29, 1.82) is 0 Å². The lowest BCUT2D eigenvalue weighted by Crippen LogP contribution is -2.50. The summed E-state index contributed by atoms with van der Waals surface area (Å²) in [5, 5.41) is 3.78. The number of hydrogen-bond donors (Lipinski definition) is 1. The molecule has 2 fully saturated rings. The lowest BCUT2D eigenvalue weighted by Gasteiger charge is -2.43. The Balaban J connectivity index is 1.42. The fraction of sp³-hybridized carbons (Fsp3) is 0.882. The lowest BCUT2D eigenvalue weighted by molar-refractivity contribution is -0.140. The zero-order chi connectivity index (χ0) is 13.7. The third-order valence-corrected chi connectivity index (χ3v) is 5.16. The first-order chi connectivity index (χ1) is 9.86. The Morgan fingerprint density at radius 2 is 2.10 bits per heavy atom. The maximum absolute atomic E-state index is 6.10. The van der Waals surface area contributed by atoms with Gasteiger partial charge in [0.2, 0.25) is 0 Å². The molecule has 20 heavy (non-hydrogen) atoms. The second-order valence-electron chi connectivity index (χ2n) is 6.65. The highest BCUT2D eigenvalue weighted by Gasteiger charge is 2.38. The molecule has 3 rings (SSSR count). The van der Waals surface area contributed by atoms with E-state index in [9.17, 15) is 0 Å². The molecule has 2 aliphatic heterocycles. The van der Waals surface area contributed by atoms with Crippen molar-refractivity contribution in [2.24, 2.45) is 0 Å². The average molecular weight is 279 g/mol. The van der Waals surface area contributed by atoms with E-state index in [1.807, 2.05) is 0 Å². The molecule has 0 amide bonds. The first kappa shape index (κ1) is 14.6. The van der Waals surface area contributed by atoms with Gasteiger partial charge in [-0.15, -0.1) is 0 Å². The molecule has 2 saturated heterocycles. The van der Waals surface area contributed by atoms with Crippen molar-refractivity contribution in [3.05, 3.63) is 11.6 Å². The highest BCUT2D eigenvalue weighted by atomic mass is 16.5. The molecule has 1 N–H and O–H groups in total. The molecule has 0 unspecified atom stereocenters. The Hall–Kier alpha value is -0.380.